The highest BCUT2D eigenvalue weighted by Crippen LogP contribution is 2.32. The van der Waals surface area contributed by atoms with E-state index in [2.05, 4.69) is 21.2 Å². The fourth-order valence-electron chi connectivity index (χ4n) is 5.72. The summed E-state index contributed by atoms with van der Waals surface area (Å²) in [7, 11) is 0. The second-order valence-electron chi connectivity index (χ2n) is 10.7. The monoisotopic (exact) mass is 628 g/mol. The third kappa shape index (κ3) is 6.08. The van der Waals surface area contributed by atoms with Crippen molar-refractivity contribution >= 4 is 44.5 Å². The number of nitrogens with zero attached hydrogens (tertiary/aromatic N) is 6. The number of amides is 4. The average Bonchev–Trinajstić information content (AvgIpc) is 3.57. The highest BCUT2D eigenvalue weighted by molar-refractivity contribution is 7.22. The summed E-state index contributed by atoms with van der Waals surface area (Å²) < 4.78 is 14.2. The van der Waals surface area contributed by atoms with Crippen LogP contribution >= 0.6 is 11.3 Å². The zero-order valence-corrected chi connectivity index (χ0v) is 24.8. The molecule has 0 unspecified atom stereocenters. The van der Waals surface area contributed by atoms with Crippen LogP contribution in [0.25, 0.3) is 10.2 Å². The van der Waals surface area contributed by atoms with Crippen molar-refractivity contribution in [2.45, 2.75) is 31.7 Å². The highest BCUT2D eigenvalue weighted by Gasteiger charge is 2.52. The van der Waals surface area contributed by atoms with E-state index in [0.29, 0.717) is 21.9 Å². The van der Waals surface area contributed by atoms with Crippen molar-refractivity contribution in [2.75, 3.05) is 25.4 Å². The Kier molecular flexibility index (Phi) is 8.20. The number of benzene rings is 2. The molecular weight excluding hydrogens is 599 g/mol. The number of terminal acetylenes is 1. The summed E-state index contributed by atoms with van der Waals surface area (Å²) in [6.07, 6.45) is 6.31. The lowest BCUT2D eigenvalue weighted by atomic mass is 10.0. The molecule has 4 aromatic rings. The number of urea groups is 1. The largest absolute Gasteiger partial charge is 0.506 e. The predicted molar refractivity (Wildman–Crippen MR) is 164 cm³/mol. The number of pyridine rings is 1. The van der Waals surface area contributed by atoms with Crippen LogP contribution in [-0.2, 0) is 29.1 Å². The fourth-order valence-corrected chi connectivity index (χ4v) is 6.50. The summed E-state index contributed by atoms with van der Waals surface area (Å²) in [5.74, 6) is 1.44. The van der Waals surface area contributed by atoms with Crippen LogP contribution in [0.2, 0.25) is 0 Å². The van der Waals surface area contributed by atoms with Gasteiger partial charge in [0.15, 0.2) is 5.13 Å². The summed E-state index contributed by atoms with van der Waals surface area (Å²) in [6.45, 7) is 0.0674. The number of hydrazine groups is 1. The van der Waals surface area contributed by atoms with Crippen LogP contribution in [0.5, 0.6) is 5.75 Å². The zero-order valence-electron chi connectivity index (χ0n) is 24.0. The summed E-state index contributed by atoms with van der Waals surface area (Å²) in [6, 6.07) is 13.0. The summed E-state index contributed by atoms with van der Waals surface area (Å²) in [5.41, 5.74) is 8.64. The molecule has 2 aliphatic rings. The first-order valence-electron chi connectivity index (χ1n) is 14.1. The number of nitrogen functional groups attached to an aromatic ring is 1. The van der Waals surface area contributed by atoms with E-state index in [9.17, 15) is 23.9 Å². The Morgan fingerprint density at radius 2 is 2.00 bits per heavy atom. The molecule has 2 fully saturated rings. The number of carbonyl (C=O) groups is 3. The van der Waals surface area contributed by atoms with Crippen LogP contribution in [0.15, 0.2) is 60.8 Å². The number of piperazine rings is 1. The Labute approximate surface area is 261 Å². The number of anilines is 1. The van der Waals surface area contributed by atoms with Gasteiger partial charge in [0.1, 0.15) is 23.8 Å². The number of halogens is 1. The van der Waals surface area contributed by atoms with Crippen molar-refractivity contribution in [3.05, 3.63) is 83.4 Å². The number of aromatic hydroxyl groups is 1. The topological polar surface area (TPSA) is 148 Å². The molecule has 2 aromatic carbocycles. The fraction of sp³-hybridized carbons (Fsp3) is 0.258. The van der Waals surface area contributed by atoms with Gasteiger partial charge in [-0.3, -0.25) is 14.6 Å². The first-order valence-corrected chi connectivity index (χ1v) is 14.9. The molecule has 12 nitrogen and oxygen atoms in total. The van der Waals surface area contributed by atoms with Gasteiger partial charge in [0.25, 0.3) is 0 Å². The Morgan fingerprint density at radius 1 is 1.20 bits per heavy atom. The lowest BCUT2D eigenvalue weighted by Crippen LogP contribution is -2.66. The molecule has 14 heteroatoms. The molecule has 2 aliphatic heterocycles. The van der Waals surface area contributed by atoms with Gasteiger partial charge in [-0.1, -0.05) is 41.5 Å². The van der Waals surface area contributed by atoms with Crippen molar-refractivity contribution in [1.29, 1.82) is 0 Å². The third-order valence-corrected chi connectivity index (χ3v) is 8.65. The third-order valence-electron chi connectivity index (χ3n) is 7.80. The summed E-state index contributed by atoms with van der Waals surface area (Å²) in [5, 5.41) is 15.8. The van der Waals surface area contributed by atoms with Gasteiger partial charge in [-0.2, -0.15) is 5.01 Å². The molecule has 2 aromatic heterocycles. The first-order chi connectivity index (χ1) is 21.7. The van der Waals surface area contributed by atoms with Crippen LogP contribution in [0.1, 0.15) is 16.8 Å². The van der Waals surface area contributed by atoms with Gasteiger partial charge in [0, 0.05) is 25.2 Å². The number of para-hydroxylation sites is 1. The molecule has 4 heterocycles. The van der Waals surface area contributed by atoms with Gasteiger partial charge in [-0.05, 0) is 41.5 Å². The molecule has 230 valence electrons. The van der Waals surface area contributed by atoms with E-state index in [1.807, 2.05) is 18.2 Å². The molecule has 6 rings (SSSR count). The predicted octanol–water partition coefficient (Wildman–Crippen LogP) is 2.30. The number of nitrogens with one attached hydrogen (secondary N) is 1. The number of fused-ring (bicyclic) bond motifs is 2. The minimum atomic E-state index is -0.937. The van der Waals surface area contributed by atoms with Crippen LogP contribution in [-0.4, -0.2) is 84.6 Å². The molecule has 0 spiro atoms. The van der Waals surface area contributed by atoms with Gasteiger partial charge in [0.05, 0.1) is 36.0 Å². The summed E-state index contributed by atoms with van der Waals surface area (Å²) >= 11 is 1.35. The second-order valence-corrected chi connectivity index (χ2v) is 11.8. The smallest absolute Gasteiger partial charge is 0.333 e. The number of nitrogens with two attached hydrogens (primary N) is 1. The number of aromatic nitrogens is 2. The Hall–Kier alpha value is -5.26. The first kappa shape index (κ1) is 29.8. The minimum absolute atomic E-state index is 0.0242. The lowest BCUT2D eigenvalue weighted by Gasteiger charge is -2.46. The van der Waals surface area contributed by atoms with Crippen molar-refractivity contribution in [2.24, 2.45) is 0 Å². The van der Waals surface area contributed by atoms with E-state index in [0.717, 1.165) is 10.3 Å². The van der Waals surface area contributed by atoms with Gasteiger partial charge >= 0.3 is 6.03 Å². The van der Waals surface area contributed by atoms with E-state index in [-0.39, 0.29) is 56.7 Å². The van der Waals surface area contributed by atoms with E-state index in [4.69, 9.17) is 12.2 Å². The van der Waals surface area contributed by atoms with Crippen molar-refractivity contribution in [3.63, 3.8) is 0 Å². The van der Waals surface area contributed by atoms with Crippen LogP contribution in [0.3, 0.4) is 0 Å². The van der Waals surface area contributed by atoms with Crippen LogP contribution in [0, 0.1) is 18.2 Å². The lowest BCUT2D eigenvalue weighted by molar-refractivity contribution is -0.157. The highest BCUT2D eigenvalue weighted by atomic mass is 32.1. The van der Waals surface area contributed by atoms with Crippen molar-refractivity contribution in [1.82, 2.24) is 35.1 Å². The number of hydrogen-bond donors (Lipinski definition) is 3. The van der Waals surface area contributed by atoms with Gasteiger partial charge < -0.3 is 26.0 Å². The molecular formula is C31H29FN8O4S. The second kappa shape index (κ2) is 12.4. The maximum absolute atomic E-state index is 14.1. The Bertz CT molecular complexity index is 1790. The van der Waals surface area contributed by atoms with E-state index < -0.39 is 24.1 Å². The minimum Gasteiger partial charge on any atom is -0.506 e. The van der Waals surface area contributed by atoms with Crippen molar-refractivity contribution < 1.29 is 23.9 Å². The Balaban J connectivity index is 1.31. The number of rotatable bonds is 8. The SMILES string of the molecule is C#CCN(C(=O)NCc1ccc(F)cc1)N1CC(=O)N2[C@@H](Cc3ccc(O)cn3)C(=O)N(Cc3cccc4sc(N)nc34)C[C@@H]21. The molecule has 0 radical (unpaired) electrons. The van der Waals surface area contributed by atoms with Gasteiger partial charge in [0.2, 0.25) is 11.8 Å². The summed E-state index contributed by atoms with van der Waals surface area (Å²) in [4.78, 5) is 53.0. The molecule has 0 aliphatic carbocycles. The maximum Gasteiger partial charge on any atom is 0.333 e. The van der Waals surface area contributed by atoms with Gasteiger partial charge in [-0.25, -0.2) is 19.2 Å². The quantitative estimate of drug-likeness (QED) is 0.252. The number of hydrogen-bond acceptors (Lipinski definition) is 9. The standard InChI is InChI=1S/C31H29FN8O4S/c1-2-12-38(31(44)35-14-19-6-8-21(32)9-7-19)39-18-27(42)40-24(13-22-10-11-23(41)15-34-22)29(43)37(17-26(39)40)16-20-4-3-5-25-28(20)36-30(33)45-25/h1,3-11,15,24,26,41H,12-14,16-18H2,(H2,33,36)(H,35,44)/t24-,26+/m0/s1. The van der Waals surface area contributed by atoms with Crippen LogP contribution < -0.4 is 11.1 Å². The van der Waals surface area contributed by atoms with Crippen molar-refractivity contribution in [3.8, 4) is 18.1 Å². The Morgan fingerprint density at radius 3 is 2.73 bits per heavy atom. The normalized spacial score (nSPS) is 18.2. The maximum atomic E-state index is 14.1. The number of thiazole rings is 1. The molecule has 4 amide bonds. The van der Waals surface area contributed by atoms with Crippen LogP contribution in [0.4, 0.5) is 14.3 Å². The zero-order chi connectivity index (χ0) is 31.7. The van der Waals surface area contributed by atoms with E-state index >= 15 is 0 Å². The van der Waals surface area contributed by atoms with E-state index in [1.165, 1.54) is 45.6 Å². The molecule has 45 heavy (non-hydrogen) atoms. The molecule has 2 atom stereocenters. The number of carbonyl (C=O) groups excluding carboxylic acids is 3. The molecule has 2 saturated heterocycles. The molecule has 4 N–H and O–H groups in total. The molecule has 0 bridgehead atoms. The van der Waals surface area contributed by atoms with E-state index in [1.54, 1.807) is 28.1 Å². The average molecular weight is 629 g/mol. The van der Waals surface area contributed by atoms with Gasteiger partial charge in [-0.15, -0.1) is 6.42 Å². The molecule has 0 saturated carbocycles.